The Kier molecular flexibility index (Phi) is 42.2. The van der Waals surface area contributed by atoms with Crippen LogP contribution in [0.15, 0.2) is 0 Å². The van der Waals surface area contributed by atoms with E-state index in [1.807, 2.05) is 0 Å². The lowest BCUT2D eigenvalue weighted by Gasteiger charge is -2.50. The minimum absolute atomic E-state index is 0.194. The number of aliphatic carboxylic acids is 3. The van der Waals surface area contributed by atoms with Crippen LogP contribution in [0.1, 0.15) is 337 Å². The van der Waals surface area contributed by atoms with Crippen molar-refractivity contribution < 1.29 is 39.6 Å². The van der Waals surface area contributed by atoms with Crippen LogP contribution in [-0.4, -0.2) is 49.7 Å². The molecule has 0 rings (SSSR count). The van der Waals surface area contributed by atoms with Gasteiger partial charge in [-0.2, -0.15) is 0 Å². The molecule has 0 aromatic carbocycles. The van der Waals surface area contributed by atoms with Crippen LogP contribution in [0.2, 0.25) is 0 Å². The van der Waals surface area contributed by atoms with Crippen LogP contribution < -0.4 is 0 Å². The molecule has 8 heteroatoms. The van der Waals surface area contributed by atoms with E-state index in [2.05, 4.69) is 41.5 Å². The number of carbonyl (C=O) groups excluding carboxylic acids is 1. The smallest absolute Gasteiger partial charge is 0.338 e. The van der Waals surface area contributed by atoms with Gasteiger partial charge in [-0.1, -0.05) is 311 Å². The summed E-state index contributed by atoms with van der Waals surface area (Å²) in [6.45, 7) is 14.7. The van der Waals surface area contributed by atoms with Gasteiger partial charge in [0.05, 0.1) is 0 Å². The summed E-state index contributed by atoms with van der Waals surface area (Å²) in [5.41, 5.74) is -8.48. The predicted octanol–water partition coefficient (Wildman–Crippen LogP) is 19.1. The third kappa shape index (κ3) is 29.7. The van der Waals surface area contributed by atoms with Gasteiger partial charge in [0.2, 0.25) is 5.60 Å². The van der Waals surface area contributed by atoms with E-state index in [-0.39, 0.29) is 19.3 Å². The minimum atomic E-state index is -3.33. The zero-order chi connectivity index (χ0) is 52.4. The third-order valence-corrected chi connectivity index (χ3v) is 16.1. The zero-order valence-corrected chi connectivity index (χ0v) is 47.5. The van der Waals surface area contributed by atoms with E-state index in [0.717, 1.165) is 102 Å². The molecule has 8 nitrogen and oxygen atoms in total. The number of ketones is 1. The summed E-state index contributed by atoms with van der Waals surface area (Å²) in [6.07, 6.45) is 45.0. The number of hydrogen-bond acceptors (Lipinski definition) is 5. The van der Waals surface area contributed by atoms with Crippen molar-refractivity contribution in [3.8, 4) is 0 Å². The Labute approximate surface area is 433 Å². The van der Waals surface area contributed by atoms with Gasteiger partial charge < -0.3 is 20.4 Å². The van der Waals surface area contributed by atoms with Gasteiger partial charge in [0.1, 0.15) is 5.41 Å². The molecule has 0 saturated carbocycles. The summed E-state index contributed by atoms with van der Waals surface area (Å²) in [7, 11) is 0. The largest absolute Gasteiger partial charge is 0.481 e. The SMILES string of the molecule is CC(=O)C(CCCCCCCCCCCCCCCC(C)C)(C(=O)O)C(O)(C(=O)O)C(CCCCCCCCCCCCCCCC(C)C)(CCCCCCCCCCCCCCCC(C)C)C(=O)O. The van der Waals surface area contributed by atoms with E-state index in [0.29, 0.717) is 32.1 Å². The van der Waals surface area contributed by atoms with Crippen molar-refractivity contribution in [2.75, 3.05) is 0 Å². The van der Waals surface area contributed by atoms with Crippen molar-refractivity contribution in [3.63, 3.8) is 0 Å². The van der Waals surface area contributed by atoms with E-state index >= 15 is 0 Å². The highest BCUT2D eigenvalue weighted by atomic mass is 16.4. The van der Waals surface area contributed by atoms with Gasteiger partial charge in [-0.25, -0.2) is 4.79 Å². The molecule has 0 saturated heterocycles. The van der Waals surface area contributed by atoms with Crippen LogP contribution in [0.5, 0.6) is 0 Å². The van der Waals surface area contributed by atoms with E-state index in [1.165, 1.54) is 154 Å². The fourth-order valence-corrected chi connectivity index (χ4v) is 11.4. The average molecular weight is 992 g/mol. The lowest BCUT2D eigenvalue weighted by atomic mass is 9.52. The molecule has 0 aliphatic heterocycles. The molecule has 70 heavy (non-hydrogen) atoms. The molecule has 4 N–H and O–H groups in total. The Morgan fingerprint density at radius 2 is 0.500 bits per heavy atom. The molecule has 414 valence electrons. The predicted molar refractivity (Wildman–Crippen MR) is 296 cm³/mol. The number of unbranched alkanes of at least 4 members (excludes halogenated alkanes) is 36. The second-order valence-electron chi connectivity index (χ2n) is 23.8. The molecule has 0 aromatic heterocycles. The van der Waals surface area contributed by atoms with E-state index < -0.39 is 46.5 Å². The first-order valence-electron chi connectivity index (χ1n) is 30.5. The normalized spacial score (nSPS) is 13.9. The van der Waals surface area contributed by atoms with Crippen molar-refractivity contribution >= 4 is 23.7 Å². The summed E-state index contributed by atoms with van der Waals surface area (Å²) < 4.78 is 0. The van der Waals surface area contributed by atoms with Crippen molar-refractivity contribution in [2.24, 2.45) is 28.6 Å². The summed E-state index contributed by atoms with van der Waals surface area (Å²) in [6, 6.07) is 0. The summed E-state index contributed by atoms with van der Waals surface area (Å²) in [5.74, 6) is -3.83. The molecule has 0 heterocycles. The number of Topliss-reactive ketones (excluding diaryl/α,β-unsaturated/α-hetero) is 1. The standard InChI is InChI=1S/C62H118O8/c1-53(2)47-41-35-29-23-17-11-8-14-20-26-32-38-44-50-60(57(64)65,51-45-39-33-27-21-15-9-12-18-24-30-36-42-48-54(3)4)62(70,59(68)69)61(56(7)63,58(66)67)52-46-40-34-28-22-16-10-13-19-25-31-37-43-49-55(5)6/h53-55,70H,8-52H2,1-7H3,(H,64,65)(H,66,67)(H,68,69). The summed E-state index contributed by atoms with van der Waals surface area (Å²) >= 11 is 0. The van der Waals surface area contributed by atoms with Gasteiger partial charge in [-0.3, -0.25) is 14.4 Å². The Bertz CT molecular complexity index is 1220. The maximum atomic E-state index is 13.8. The average Bonchev–Trinajstić information content (AvgIpc) is 3.29. The van der Waals surface area contributed by atoms with Gasteiger partial charge >= 0.3 is 17.9 Å². The maximum absolute atomic E-state index is 13.8. The molecule has 0 spiro atoms. The molecular weight excluding hydrogens is 873 g/mol. The quantitative estimate of drug-likeness (QED) is 0.0348. The Balaban J connectivity index is 5.60. The minimum Gasteiger partial charge on any atom is -0.481 e. The number of carbonyl (C=O) groups is 4. The zero-order valence-electron chi connectivity index (χ0n) is 47.5. The first kappa shape index (κ1) is 68.0. The molecule has 0 bridgehead atoms. The molecule has 2 unspecified atom stereocenters. The van der Waals surface area contributed by atoms with Crippen LogP contribution in [0.3, 0.4) is 0 Å². The fraction of sp³-hybridized carbons (Fsp3) is 0.935. The van der Waals surface area contributed by atoms with Crippen molar-refractivity contribution in [1.29, 1.82) is 0 Å². The highest BCUT2D eigenvalue weighted by molar-refractivity contribution is 6.10. The first-order chi connectivity index (χ1) is 33.5. The Morgan fingerprint density at radius 3 is 0.671 bits per heavy atom. The van der Waals surface area contributed by atoms with E-state index in [1.54, 1.807) is 0 Å². The van der Waals surface area contributed by atoms with Crippen molar-refractivity contribution in [3.05, 3.63) is 0 Å². The second-order valence-corrected chi connectivity index (χ2v) is 23.8. The Hall–Kier alpha value is -1.96. The van der Waals surface area contributed by atoms with Crippen LogP contribution in [-0.2, 0) is 19.2 Å². The first-order valence-corrected chi connectivity index (χ1v) is 30.5. The number of aliphatic hydroxyl groups is 1. The molecule has 0 amide bonds. The van der Waals surface area contributed by atoms with Gasteiger partial charge in [0.15, 0.2) is 11.2 Å². The summed E-state index contributed by atoms with van der Waals surface area (Å²) in [5, 5.41) is 45.9. The van der Waals surface area contributed by atoms with Crippen molar-refractivity contribution in [2.45, 2.75) is 343 Å². The second kappa shape index (κ2) is 43.4. The van der Waals surface area contributed by atoms with E-state index in [9.17, 15) is 39.6 Å². The van der Waals surface area contributed by atoms with Gasteiger partial charge in [0, 0.05) is 0 Å². The number of carboxylic acids is 3. The van der Waals surface area contributed by atoms with Gasteiger partial charge in [-0.05, 0) is 43.9 Å². The monoisotopic (exact) mass is 991 g/mol. The highest BCUT2D eigenvalue weighted by Crippen LogP contribution is 2.54. The van der Waals surface area contributed by atoms with Crippen LogP contribution >= 0.6 is 0 Å². The Morgan fingerprint density at radius 1 is 0.300 bits per heavy atom. The highest BCUT2D eigenvalue weighted by Gasteiger charge is 2.74. The van der Waals surface area contributed by atoms with Crippen LogP contribution in [0, 0.1) is 28.6 Å². The molecule has 0 aromatic rings. The fourth-order valence-electron chi connectivity index (χ4n) is 11.4. The molecule has 0 radical (unpaired) electrons. The number of rotatable bonds is 54. The van der Waals surface area contributed by atoms with Crippen molar-refractivity contribution in [1.82, 2.24) is 0 Å². The number of hydrogen-bond donors (Lipinski definition) is 4. The molecular formula is C62H118O8. The molecule has 0 fully saturated rings. The van der Waals surface area contributed by atoms with Crippen LogP contribution in [0.4, 0.5) is 0 Å². The maximum Gasteiger partial charge on any atom is 0.338 e. The molecule has 2 atom stereocenters. The third-order valence-electron chi connectivity index (χ3n) is 16.1. The van der Waals surface area contributed by atoms with Gasteiger partial charge in [-0.15, -0.1) is 0 Å². The van der Waals surface area contributed by atoms with Crippen LogP contribution in [0.25, 0.3) is 0 Å². The number of carboxylic acid groups (broad SMARTS) is 3. The lowest BCUT2D eigenvalue weighted by molar-refractivity contribution is -0.223. The van der Waals surface area contributed by atoms with E-state index in [4.69, 9.17) is 0 Å². The topological polar surface area (TPSA) is 149 Å². The molecule has 0 aliphatic rings. The lowest BCUT2D eigenvalue weighted by Crippen LogP contribution is -2.71. The summed E-state index contributed by atoms with van der Waals surface area (Å²) in [4.78, 5) is 54.6. The molecule has 0 aliphatic carbocycles. The van der Waals surface area contributed by atoms with Gasteiger partial charge in [0.25, 0.3) is 0 Å².